The molecule has 1 fully saturated rings. The van der Waals surface area contributed by atoms with Crippen molar-refractivity contribution in [2.24, 2.45) is 0 Å². The minimum Gasteiger partial charge on any atom is -0.433 e. The summed E-state index contributed by atoms with van der Waals surface area (Å²) < 4.78 is 48.6. The van der Waals surface area contributed by atoms with Gasteiger partial charge in [0, 0.05) is 24.5 Å². The summed E-state index contributed by atoms with van der Waals surface area (Å²) in [7, 11) is 0. The van der Waals surface area contributed by atoms with Gasteiger partial charge in [0.15, 0.2) is 11.6 Å². The molecule has 2 aliphatic heterocycles. The van der Waals surface area contributed by atoms with E-state index in [2.05, 4.69) is 9.97 Å². The molecule has 28 heavy (non-hydrogen) atoms. The molecule has 0 N–H and O–H groups in total. The number of benzene rings is 1. The molecule has 1 spiro atoms. The Labute approximate surface area is 159 Å². The average molecular weight is 392 g/mol. The first-order valence-corrected chi connectivity index (χ1v) is 9.09. The Morgan fingerprint density at radius 3 is 2.61 bits per heavy atom. The van der Waals surface area contributed by atoms with E-state index in [1.165, 1.54) is 23.4 Å². The number of unbranched alkanes of at least 4 members (excludes halogenated alkanes) is 1. The second kappa shape index (κ2) is 6.65. The molecular weight excluding hydrogens is 373 g/mol. The number of alkyl halides is 3. The van der Waals surface area contributed by atoms with Crippen LogP contribution in [0.4, 0.5) is 29.6 Å². The van der Waals surface area contributed by atoms with Gasteiger partial charge in [-0.15, -0.1) is 0 Å². The van der Waals surface area contributed by atoms with E-state index < -0.39 is 23.9 Å². The average Bonchev–Trinajstić information content (AvgIpc) is 3.15. The van der Waals surface area contributed by atoms with Gasteiger partial charge in [-0.2, -0.15) is 13.2 Å². The predicted octanol–water partition coefficient (Wildman–Crippen LogP) is 4.01. The molecule has 1 saturated heterocycles. The molecule has 2 aliphatic rings. The largest absolute Gasteiger partial charge is 0.433 e. The number of anilines is 2. The minimum atomic E-state index is -4.68. The van der Waals surface area contributed by atoms with Crippen molar-refractivity contribution in [3.8, 4) is 0 Å². The molecule has 3 heterocycles. The van der Waals surface area contributed by atoms with Crippen LogP contribution in [0.5, 0.6) is 0 Å². The highest BCUT2D eigenvalue weighted by Gasteiger charge is 2.68. The molecule has 1 amide bonds. The molecule has 4 rings (SSSR count). The standard InChI is InChI=1S/C19H19F3N4O2/c1-2-3-11-25-12-18(28-17(25)27)13-7-4-5-8-14(13)26(15(18)19(20,21)22)16-23-9-6-10-24-16/h4-10,15H,2-3,11-12H2,1H3. The van der Waals surface area contributed by atoms with Crippen molar-refractivity contribution < 1.29 is 22.7 Å². The van der Waals surface area contributed by atoms with Crippen LogP contribution in [0.1, 0.15) is 25.3 Å². The van der Waals surface area contributed by atoms with Gasteiger partial charge in [0.1, 0.15) is 0 Å². The fourth-order valence-corrected chi connectivity index (χ4v) is 3.99. The number of hydrogen-bond donors (Lipinski definition) is 0. The topological polar surface area (TPSA) is 58.6 Å². The van der Waals surface area contributed by atoms with E-state index in [0.717, 1.165) is 11.3 Å². The van der Waals surface area contributed by atoms with Gasteiger partial charge in [-0.25, -0.2) is 14.8 Å². The maximum absolute atomic E-state index is 14.4. The number of carbonyl (C=O) groups is 1. The lowest BCUT2D eigenvalue weighted by atomic mass is 9.88. The van der Waals surface area contributed by atoms with E-state index in [1.807, 2.05) is 6.92 Å². The van der Waals surface area contributed by atoms with Crippen LogP contribution in [0, 0.1) is 0 Å². The fraction of sp³-hybridized carbons (Fsp3) is 0.421. The van der Waals surface area contributed by atoms with Gasteiger partial charge in [-0.1, -0.05) is 31.5 Å². The zero-order chi connectivity index (χ0) is 19.9. The number of ether oxygens (including phenoxy) is 1. The summed E-state index contributed by atoms with van der Waals surface area (Å²) >= 11 is 0. The Bertz CT molecular complexity index is 877. The van der Waals surface area contributed by atoms with Gasteiger partial charge in [0.2, 0.25) is 5.95 Å². The summed E-state index contributed by atoms with van der Waals surface area (Å²) in [5.41, 5.74) is -1.25. The van der Waals surface area contributed by atoms with Gasteiger partial charge in [0.25, 0.3) is 0 Å². The maximum Gasteiger partial charge on any atom is 0.413 e. The SMILES string of the molecule is CCCCN1CC2(OC1=O)c1ccccc1N(c1ncccn1)C2C(F)(F)F. The third-order valence-corrected chi connectivity index (χ3v) is 5.13. The second-order valence-electron chi connectivity index (χ2n) is 6.91. The lowest BCUT2D eigenvalue weighted by Gasteiger charge is -2.34. The van der Waals surface area contributed by atoms with E-state index in [1.54, 1.807) is 24.3 Å². The van der Waals surface area contributed by atoms with Gasteiger partial charge < -0.3 is 9.64 Å². The van der Waals surface area contributed by atoms with E-state index in [4.69, 9.17) is 4.74 Å². The monoisotopic (exact) mass is 392 g/mol. The van der Waals surface area contributed by atoms with Crippen molar-refractivity contribution in [1.29, 1.82) is 0 Å². The van der Waals surface area contributed by atoms with Crippen molar-refractivity contribution in [2.75, 3.05) is 18.0 Å². The van der Waals surface area contributed by atoms with Crippen molar-refractivity contribution >= 4 is 17.7 Å². The number of aromatic nitrogens is 2. The number of nitrogens with zero attached hydrogens (tertiary/aromatic N) is 4. The quantitative estimate of drug-likeness (QED) is 0.787. The van der Waals surface area contributed by atoms with Gasteiger partial charge >= 0.3 is 12.3 Å². The first kappa shape index (κ1) is 18.5. The van der Waals surface area contributed by atoms with Gasteiger partial charge in [0.05, 0.1) is 12.2 Å². The second-order valence-corrected chi connectivity index (χ2v) is 6.91. The number of carbonyl (C=O) groups excluding carboxylic acids is 1. The van der Waals surface area contributed by atoms with E-state index in [9.17, 15) is 18.0 Å². The Kier molecular flexibility index (Phi) is 4.40. The molecule has 2 unspecified atom stereocenters. The Hall–Kier alpha value is -2.84. The molecule has 1 aromatic carbocycles. The first-order valence-electron chi connectivity index (χ1n) is 9.09. The zero-order valence-corrected chi connectivity index (χ0v) is 15.2. The molecule has 0 radical (unpaired) electrons. The number of rotatable bonds is 4. The first-order chi connectivity index (χ1) is 13.4. The van der Waals surface area contributed by atoms with E-state index in [-0.39, 0.29) is 12.5 Å². The van der Waals surface area contributed by atoms with E-state index in [0.29, 0.717) is 24.2 Å². The molecule has 0 bridgehead atoms. The van der Waals surface area contributed by atoms with E-state index >= 15 is 0 Å². The Morgan fingerprint density at radius 1 is 1.21 bits per heavy atom. The number of para-hydroxylation sites is 1. The van der Waals surface area contributed by atoms with Crippen LogP contribution in [0.2, 0.25) is 0 Å². The normalized spacial score (nSPS) is 24.0. The number of hydrogen-bond acceptors (Lipinski definition) is 5. The summed E-state index contributed by atoms with van der Waals surface area (Å²) in [4.78, 5) is 22.9. The Morgan fingerprint density at radius 2 is 1.93 bits per heavy atom. The highest BCUT2D eigenvalue weighted by Crippen LogP contribution is 2.55. The molecule has 148 valence electrons. The number of amides is 1. The fourth-order valence-electron chi connectivity index (χ4n) is 3.99. The van der Waals surface area contributed by atoms with Crippen molar-refractivity contribution in [2.45, 2.75) is 37.6 Å². The summed E-state index contributed by atoms with van der Waals surface area (Å²) in [6.45, 7) is 2.14. The predicted molar refractivity (Wildman–Crippen MR) is 95.1 cm³/mol. The molecule has 6 nitrogen and oxygen atoms in total. The van der Waals surface area contributed by atoms with Crippen LogP contribution in [0.3, 0.4) is 0 Å². The van der Waals surface area contributed by atoms with Gasteiger partial charge in [-0.05, 0) is 18.6 Å². The van der Waals surface area contributed by atoms with Gasteiger partial charge in [-0.3, -0.25) is 4.90 Å². The van der Waals surface area contributed by atoms with Crippen LogP contribution < -0.4 is 4.90 Å². The third-order valence-electron chi connectivity index (χ3n) is 5.13. The summed E-state index contributed by atoms with van der Waals surface area (Å²) in [5.74, 6) is -0.0859. The van der Waals surface area contributed by atoms with Crippen molar-refractivity contribution in [1.82, 2.24) is 14.9 Å². The van der Waals surface area contributed by atoms with Crippen LogP contribution in [0.25, 0.3) is 0 Å². The Balaban J connectivity index is 1.87. The molecule has 0 aliphatic carbocycles. The lowest BCUT2D eigenvalue weighted by Crippen LogP contribution is -2.54. The van der Waals surface area contributed by atoms with Crippen molar-refractivity contribution in [3.05, 3.63) is 48.3 Å². The van der Waals surface area contributed by atoms with Crippen LogP contribution in [0.15, 0.2) is 42.7 Å². The molecule has 2 atom stereocenters. The van der Waals surface area contributed by atoms with Crippen LogP contribution >= 0.6 is 0 Å². The summed E-state index contributed by atoms with van der Waals surface area (Å²) in [6.07, 6.45) is -1.13. The highest BCUT2D eigenvalue weighted by atomic mass is 19.4. The molecule has 0 saturated carbocycles. The molecular formula is C19H19F3N4O2. The smallest absolute Gasteiger partial charge is 0.413 e. The summed E-state index contributed by atoms with van der Waals surface area (Å²) in [5, 5.41) is 0. The number of fused-ring (bicyclic) bond motifs is 2. The number of halogens is 3. The third kappa shape index (κ3) is 2.76. The minimum absolute atomic E-state index is 0.0859. The zero-order valence-electron chi connectivity index (χ0n) is 15.2. The molecule has 1 aromatic heterocycles. The van der Waals surface area contributed by atoms with Crippen LogP contribution in [-0.2, 0) is 10.3 Å². The maximum atomic E-state index is 14.4. The lowest BCUT2D eigenvalue weighted by molar-refractivity contribution is -0.183. The molecule has 2 aromatic rings. The molecule has 9 heteroatoms. The van der Waals surface area contributed by atoms with Crippen LogP contribution in [-0.4, -0.2) is 46.3 Å². The van der Waals surface area contributed by atoms with Crippen molar-refractivity contribution in [3.63, 3.8) is 0 Å². The highest BCUT2D eigenvalue weighted by molar-refractivity contribution is 5.77. The summed E-state index contributed by atoms with van der Waals surface area (Å²) in [6, 6.07) is 5.86.